The van der Waals surface area contributed by atoms with Crippen LogP contribution in [0.5, 0.6) is 5.88 Å². The number of anilines is 2. The predicted molar refractivity (Wildman–Crippen MR) is 75.7 cm³/mol. The van der Waals surface area contributed by atoms with Crippen molar-refractivity contribution in [1.29, 1.82) is 0 Å². The van der Waals surface area contributed by atoms with Gasteiger partial charge in [0.1, 0.15) is 18.0 Å². The van der Waals surface area contributed by atoms with Gasteiger partial charge in [0, 0.05) is 18.3 Å². The summed E-state index contributed by atoms with van der Waals surface area (Å²) in [6.45, 7) is 1.19. The zero-order valence-electron chi connectivity index (χ0n) is 11.3. The summed E-state index contributed by atoms with van der Waals surface area (Å²) < 4.78 is 18.5. The van der Waals surface area contributed by atoms with E-state index in [1.54, 1.807) is 19.2 Å². The average Bonchev–Trinajstić information content (AvgIpc) is 2.48. The van der Waals surface area contributed by atoms with E-state index < -0.39 is 0 Å². The Morgan fingerprint density at radius 1 is 1.30 bits per heavy atom. The number of methoxy groups -OCH3 is 1. The quantitative estimate of drug-likeness (QED) is 0.875. The first kappa shape index (κ1) is 14.2. The van der Waals surface area contributed by atoms with Crippen LogP contribution in [0.4, 0.5) is 15.9 Å². The van der Waals surface area contributed by atoms with E-state index in [-0.39, 0.29) is 5.82 Å². The van der Waals surface area contributed by atoms with Crippen molar-refractivity contribution in [3.8, 4) is 5.88 Å². The summed E-state index contributed by atoms with van der Waals surface area (Å²) in [7, 11) is 1.54. The van der Waals surface area contributed by atoms with Crippen LogP contribution < -0.4 is 15.4 Å². The number of ether oxygens (including phenoxy) is 1. The zero-order valence-corrected chi connectivity index (χ0v) is 11.3. The summed E-state index contributed by atoms with van der Waals surface area (Å²) in [6, 6.07) is 8.07. The molecule has 0 aliphatic carbocycles. The lowest BCUT2D eigenvalue weighted by molar-refractivity contribution is 0.397. The maximum Gasteiger partial charge on any atom is 0.218 e. The third kappa shape index (κ3) is 3.42. The normalized spacial score (nSPS) is 10.3. The number of aromatic nitrogens is 2. The highest BCUT2D eigenvalue weighted by atomic mass is 19.1. The minimum atomic E-state index is -0.290. The van der Waals surface area contributed by atoms with Crippen LogP contribution in [0.15, 0.2) is 36.7 Å². The molecule has 20 heavy (non-hydrogen) atoms. The number of halogens is 1. The van der Waals surface area contributed by atoms with Crippen molar-refractivity contribution in [3.05, 3.63) is 42.5 Å². The van der Waals surface area contributed by atoms with E-state index in [9.17, 15) is 4.39 Å². The van der Waals surface area contributed by atoms with Crippen molar-refractivity contribution in [3.63, 3.8) is 0 Å². The van der Waals surface area contributed by atoms with E-state index in [4.69, 9.17) is 10.5 Å². The Labute approximate surface area is 117 Å². The molecular weight excluding hydrogens is 259 g/mol. The Morgan fingerprint density at radius 3 is 2.85 bits per heavy atom. The van der Waals surface area contributed by atoms with Gasteiger partial charge in [-0.15, -0.1) is 0 Å². The number of benzene rings is 1. The molecule has 0 fully saturated rings. The summed E-state index contributed by atoms with van der Waals surface area (Å²) in [5.74, 6) is 0.821. The van der Waals surface area contributed by atoms with E-state index in [0.717, 1.165) is 12.1 Å². The highest BCUT2D eigenvalue weighted by molar-refractivity contribution is 5.60. The minimum absolute atomic E-state index is 0.290. The first-order valence-corrected chi connectivity index (χ1v) is 6.34. The van der Waals surface area contributed by atoms with E-state index in [1.165, 1.54) is 18.5 Å². The van der Waals surface area contributed by atoms with Crippen molar-refractivity contribution < 1.29 is 9.13 Å². The van der Waals surface area contributed by atoms with Gasteiger partial charge in [0.25, 0.3) is 0 Å². The molecule has 0 bridgehead atoms. The molecule has 2 rings (SSSR count). The first-order valence-electron chi connectivity index (χ1n) is 6.34. The highest BCUT2D eigenvalue weighted by Crippen LogP contribution is 2.25. The third-order valence-electron chi connectivity index (χ3n) is 2.82. The van der Waals surface area contributed by atoms with Crippen molar-refractivity contribution in [2.24, 2.45) is 5.73 Å². The van der Waals surface area contributed by atoms with Gasteiger partial charge in [0.15, 0.2) is 0 Å². The van der Waals surface area contributed by atoms with Crippen LogP contribution in [0.3, 0.4) is 0 Å². The molecule has 1 aromatic heterocycles. The van der Waals surface area contributed by atoms with Crippen LogP contribution in [-0.2, 0) is 0 Å². The van der Waals surface area contributed by atoms with Crippen molar-refractivity contribution in [2.45, 2.75) is 6.42 Å². The van der Waals surface area contributed by atoms with Crippen LogP contribution in [0.25, 0.3) is 0 Å². The third-order valence-corrected chi connectivity index (χ3v) is 2.82. The number of nitrogens with zero attached hydrogens (tertiary/aromatic N) is 3. The molecule has 0 saturated heterocycles. The number of rotatable bonds is 6. The molecule has 106 valence electrons. The van der Waals surface area contributed by atoms with E-state index in [0.29, 0.717) is 24.8 Å². The highest BCUT2D eigenvalue weighted by Gasteiger charge is 2.12. The fraction of sp³-hybridized carbons (Fsp3) is 0.286. The van der Waals surface area contributed by atoms with Gasteiger partial charge in [-0.25, -0.2) is 14.4 Å². The van der Waals surface area contributed by atoms with Gasteiger partial charge in [-0.2, -0.15) is 0 Å². The van der Waals surface area contributed by atoms with Gasteiger partial charge in [-0.3, -0.25) is 0 Å². The summed E-state index contributed by atoms with van der Waals surface area (Å²) in [5, 5.41) is 0. The Bertz CT molecular complexity index is 564. The van der Waals surface area contributed by atoms with Gasteiger partial charge < -0.3 is 15.4 Å². The second-order valence-electron chi connectivity index (χ2n) is 4.19. The Balaban J connectivity index is 2.35. The van der Waals surface area contributed by atoms with Crippen LogP contribution in [0.2, 0.25) is 0 Å². The summed E-state index contributed by atoms with van der Waals surface area (Å²) >= 11 is 0. The lowest BCUT2D eigenvalue weighted by Gasteiger charge is -2.23. The topological polar surface area (TPSA) is 64.3 Å². The van der Waals surface area contributed by atoms with E-state index >= 15 is 0 Å². The molecule has 0 aliphatic heterocycles. The van der Waals surface area contributed by atoms with E-state index in [2.05, 4.69) is 9.97 Å². The predicted octanol–water partition coefficient (Wildman–Crippen LogP) is 2.11. The van der Waals surface area contributed by atoms with Crippen molar-refractivity contribution >= 4 is 11.5 Å². The minimum Gasteiger partial charge on any atom is -0.481 e. The van der Waals surface area contributed by atoms with Gasteiger partial charge in [0.05, 0.1) is 7.11 Å². The molecular formula is C14H17FN4O. The fourth-order valence-electron chi connectivity index (χ4n) is 1.86. The number of nitrogens with two attached hydrogens (primary N) is 1. The maximum absolute atomic E-state index is 13.4. The van der Waals surface area contributed by atoms with Crippen LogP contribution in [0.1, 0.15) is 6.42 Å². The maximum atomic E-state index is 13.4. The van der Waals surface area contributed by atoms with Gasteiger partial charge >= 0.3 is 0 Å². The molecule has 0 spiro atoms. The second kappa shape index (κ2) is 6.81. The lowest BCUT2D eigenvalue weighted by Crippen LogP contribution is -2.22. The van der Waals surface area contributed by atoms with Gasteiger partial charge in [-0.05, 0) is 31.2 Å². The number of hydrogen-bond donors (Lipinski definition) is 1. The zero-order chi connectivity index (χ0) is 14.4. The smallest absolute Gasteiger partial charge is 0.218 e. The Hall–Kier alpha value is -2.21. The lowest BCUT2D eigenvalue weighted by atomic mass is 10.2. The number of hydrogen-bond acceptors (Lipinski definition) is 5. The van der Waals surface area contributed by atoms with Crippen LogP contribution >= 0.6 is 0 Å². The monoisotopic (exact) mass is 276 g/mol. The molecule has 0 aliphatic rings. The Morgan fingerprint density at radius 2 is 2.15 bits per heavy atom. The molecule has 0 radical (unpaired) electrons. The summed E-state index contributed by atoms with van der Waals surface area (Å²) in [5.41, 5.74) is 6.28. The van der Waals surface area contributed by atoms with E-state index in [1.807, 2.05) is 11.0 Å². The molecule has 0 atom stereocenters. The summed E-state index contributed by atoms with van der Waals surface area (Å²) in [4.78, 5) is 10.1. The van der Waals surface area contributed by atoms with Crippen LogP contribution in [-0.4, -0.2) is 30.2 Å². The molecule has 1 heterocycles. The van der Waals surface area contributed by atoms with Crippen molar-refractivity contribution in [2.75, 3.05) is 25.1 Å². The standard InChI is InChI=1S/C14H17FN4O/c1-20-14-9-13(17-10-18-14)19(7-3-6-16)12-5-2-4-11(15)8-12/h2,4-5,8-10H,3,6-7,16H2,1H3. The fourth-order valence-corrected chi connectivity index (χ4v) is 1.86. The molecule has 2 aromatic rings. The molecule has 1 aromatic carbocycles. The SMILES string of the molecule is COc1cc(N(CCCN)c2cccc(F)c2)ncn1. The first-order chi connectivity index (χ1) is 9.74. The van der Waals surface area contributed by atoms with Crippen molar-refractivity contribution in [1.82, 2.24) is 9.97 Å². The van der Waals surface area contributed by atoms with Gasteiger partial charge in [0.2, 0.25) is 5.88 Å². The second-order valence-corrected chi connectivity index (χ2v) is 4.19. The Kier molecular flexibility index (Phi) is 4.84. The molecule has 0 saturated carbocycles. The van der Waals surface area contributed by atoms with Crippen LogP contribution in [0, 0.1) is 5.82 Å². The largest absolute Gasteiger partial charge is 0.481 e. The summed E-state index contributed by atoms with van der Waals surface area (Å²) in [6.07, 6.45) is 2.19. The average molecular weight is 276 g/mol. The molecule has 0 amide bonds. The molecule has 5 nitrogen and oxygen atoms in total. The molecule has 0 unspecified atom stereocenters. The molecule has 2 N–H and O–H groups in total. The van der Waals surface area contributed by atoms with Gasteiger partial charge in [-0.1, -0.05) is 6.07 Å². The molecule has 6 heteroatoms.